The monoisotopic (exact) mass is 405 g/mol. The van der Waals surface area contributed by atoms with Gasteiger partial charge in [-0.25, -0.2) is 4.68 Å². The molecule has 0 aromatic carbocycles. The van der Waals surface area contributed by atoms with Crippen molar-refractivity contribution in [3.63, 3.8) is 0 Å². The van der Waals surface area contributed by atoms with Crippen molar-refractivity contribution in [3.8, 4) is 0 Å². The minimum Gasteiger partial charge on any atom is -0.317 e. The molecule has 4 heterocycles. The van der Waals surface area contributed by atoms with Gasteiger partial charge in [0.15, 0.2) is 0 Å². The standard InChI is InChI=1S/C19H20ClN3OS2/c20-18-4-3-16(26-18)2-1-15-11-17(13-5-8-21-9-6-13)22-23(15)19(24)14-7-10-25-12-14/h3-4,7,10-13,21H,1-2,5-6,8-9H2. The SMILES string of the molecule is O=C(c1ccsc1)n1nc(C2CCNCC2)cc1CCc1ccc(Cl)s1. The van der Waals surface area contributed by atoms with Gasteiger partial charge in [0.2, 0.25) is 0 Å². The summed E-state index contributed by atoms with van der Waals surface area (Å²) in [7, 11) is 0. The first-order chi connectivity index (χ1) is 12.7. The third kappa shape index (κ3) is 3.93. The molecule has 1 aliphatic rings. The number of halogens is 1. The van der Waals surface area contributed by atoms with Crippen LogP contribution < -0.4 is 5.32 Å². The fourth-order valence-corrected chi connectivity index (χ4v) is 5.07. The molecule has 1 N–H and O–H groups in total. The molecular weight excluding hydrogens is 386 g/mol. The Kier molecular flexibility index (Phi) is 5.55. The predicted molar refractivity (Wildman–Crippen MR) is 108 cm³/mol. The minimum absolute atomic E-state index is 0.0364. The third-order valence-corrected chi connectivity index (χ3v) is 6.75. The van der Waals surface area contributed by atoms with E-state index in [0.29, 0.717) is 11.5 Å². The van der Waals surface area contributed by atoms with E-state index in [9.17, 15) is 4.79 Å². The number of carbonyl (C=O) groups is 1. The van der Waals surface area contributed by atoms with Gasteiger partial charge >= 0.3 is 0 Å². The topological polar surface area (TPSA) is 46.9 Å². The van der Waals surface area contributed by atoms with E-state index in [2.05, 4.69) is 17.4 Å². The summed E-state index contributed by atoms with van der Waals surface area (Å²) in [5, 5.41) is 11.9. The highest BCUT2D eigenvalue weighted by Gasteiger charge is 2.22. The summed E-state index contributed by atoms with van der Waals surface area (Å²) in [6, 6.07) is 7.98. The van der Waals surface area contributed by atoms with Gasteiger partial charge in [0.05, 0.1) is 15.6 Å². The Morgan fingerprint density at radius 2 is 2.12 bits per heavy atom. The van der Waals surface area contributed by atoms with Gasteiger partial charge in [0, 0.05) is 21.9 Å². The maximum atomic E-state index is 12.9. The van der Waals surface area contributed by atoms with E-state index in [1.807, 2.05) is 22.9 Å². The molecular formula is C19H20ClN3OS2. The first-order valence-electron chi connectivity index (χ1n) is 8.81. The lowest BCUT2D eigenvalue weighted by atomic mass is 9.94. The van der Waals surface area contributed by atoms with E-state index in [1.54, 1.807) is 16.0 Å². The zero-order valence-corrected chi connectivity index (χ0v) is 16.7. The van der Waals surface area contributed by atoms with Crippen molar-refractivity contribution in [2.24, 2.45) is 0 Å². The molecule has 4 rings (SSSR count). The summed E-state index contributed by atoms with van der Waals surface area (Å²) in [5.41, 5.74) is 2.74. The molecule has 1 fully saturated rings. The molecule has 0 radical (unpaired) electrons. The molecule has 26 heavy (non-hydrogen) atoms. The van der Waals surface area contributed by atoms with Crippen LogP contribution in [-0.2, 0) is 12.8 Å². The number of carbonyl (C=O) groups excluding carboxylic acids is 1. The Labute approximate surface area is 165 Å². The molecule has 0 atom stereocenters. The van der Waals surface area contributed by atoms with Gasteiger partial charge in [0.25, 0.3) is 5.91 Å². The van der Waals surface area contributed by atoms with E-state index in [-0.39, 0.29) is 5.91 Å². The lowest BCUT2D eigenvalue weighted by Gasteiger charge is -2.20. The summed E-state index contributed by atoms with van der Waals surface area (Å²) < 4.78 is 2.42. The van der Waals surface area contributed by atoms with Crippen LogP contribution in [0.5, 0.6) is 0 Å². The largest absolute Gasteiger partial charge is 0.317 e. The van der Waals surface area contributed by atoms with Gasteiger partial charge in [-0.05, 0) is 68.4 Å². The second-order valence-electron chi connectivity index (χ2n) is 6.52. The molecule has 0 unspecified atom stereocenters. The molecule has 0 aliphatic carbocycles. The van der Waals surface area contributed by atoms with Crippen LogP contribution in [0.3, 0.4) is 0 Å². The van der Waals surface area contributed by atoms with Crippen LogP contribution in [-0.4, -0.2) is 28.8 Å². The van der Waals surface area contributed by atoms with Gasteiger partial charge in [0.1, 0.15) is 0 Å². The van der Waals surface area contributed by atoms with Crippen LogP contribution in [0.4, 0.5) is 0 Å². The summed E-state index contributed by atoms with van der Waals surface area (Å²) in [4.78, 5) is 14.1. The smallest absolute Gasteiger partial charge is 0.279 e. The van der Waals surface area contributed by atoms with Crippen LogP contribution in [0, 0.1) is 0 Å². The number of hydrogen-bond acceptors (Lipinski definition) is 5. The zero-order chi connectivity index (χ0) is 17.9. The zero-order valence-electron chi connectivity index (χ0n) is 14.3. The third-order valence-electron chi connectivity index (χ3n) is 4.78. The fourth-order valence-electron chi connectivity index (χ4n) is 3.36. The van der Waals surface area contributed by atoms with E-state index in [1.165, 1.54) is 16.2 Å². The van der Waals surface area contributed by atoms with Crippen LogP contribution >= 0.6 is 34.3 Å². The highest BCUT2D eigenvalue weighted by molar-refractivity contribution is 7.16. The Bertz CT molecular complexity index is 879. The predicted octanol–water partition coefficient (Wildman–Crippen LogP) is 4.60. The normalized spacial score (nSPS) is 15.4. The molecule has 3 aromatic heterocycles. The molecule has 136 valence electrons. The van der Waals surface area contributed by atoms with Gasteiger partial charge in [-0.1, -0.05) is 11.6 Å². The number of aromatic nitrogens is 2. The Morgan fingerprint density at radius 1 is 1.27 bits per heavy atom. The van der Waals surface area contributed by atoms with Crippen molar-refractivity contribution in [1.82, 2.24) is 15.1 Å². The summed E-state index contributed by atoms with van der Waals surface area (Å²) in [6.45, 7) is 2.03. The van der Waals surface area contributed by atoms with Gasteiger partial charge in [-0.2, -0.15) is 16.4 Å². The Hall–Kier alpha value is -1.47. The highest BCUT2D eigenvalue weighted by atomic mass is 35.5. The van der Waals surface area contributed by atoms with Crippen molar-refractivity contribution in [1.29, 1.82) is 0 Å². The number of thiophene rings is 2. The maximum absolute atomic E-state index is 12.9. The second kappa shape index (κ2) is 8.05. The fraction of sp³-hybridized carbons (Fsp3) is 0.368. The van der Waals surface area contributed by atoms with Crippen molar-refractivity contribution in [2.45, 2.75) is 31.6 Å². The quantitative estimate of drug-likeness (QED) is 0.674. The average molecular weight is 406 g/mol. The number of piperidine rings is 1. The van der Waals surface area contributed by atoms with E-state index < -0.39 is 0 Å². The van der Waals surface area contributed by atoms with Crippen LogP contribution in [0.1, 0.15) is 45.4 Å². The van der Waals surface area contributed by atoms with Crippen molar-refractivity contribution in [3.05, 3.63) is 61.2 Å². The van der Waals surface area contributed by atoms with Crippen LogP contribution in [0.15, 0.2) is 35.0 Å². The molecule has 0 saturated carbocycles. The van der Waals surface area contributed by atoms with Crippen molar-refractivity contribution < 1.29 is 4.79 Å². The molecule has 3 aromatic rings. The number of hydrogen-bond donors (Lipinski definition) is 1. The lowest BCUT2D eigenvalue weighted by Crippen LogP contribution is -2.27. The van der Waals surface area contributed by atoms with E-state index >= 15 is 0 Å². The van der Waals surface area contributed by atoms with Crippen LogP contribution in [0.25, 0.3) is 0 Å². The number of nitrogens with zero attached hydrogens (tertiary/aromatic N) is 2. The second-order valence-corrected chi connectivity index (χ2v) is 9.10. The molecule has 0 bridgehead atoms. The molecule has 1 saturated heterocycles. The van der Waals surface area contributed by atoms with E-state index in [0.717, 1.165) is 54.5 Å². The molecule has 0 amide bonds. The molecule has 4 nitrogen and oxygen atoms in total. The first kappa shape index (κ1) is 17.9. The van der Waals surface area contributed by atoms with Crippen LogP contribution in [0.2, 0.25) is 4.34 Å². The maximum Gasteiger partial charge on any atom is 0.279 e. The Morgan fingerprint density at radius 3 is 2.81 bits per heavy atom. The van der Waals surface area contributed by atoms with E-state index in [4.69, 9.17) is 16.7 Å². The minimum atomic E-state index is -0.0364. The highest BCUT2D eigenvalue weighted by Crippen LogP contribution is 2.27. The van der Waals surface area contributed by atoms with Crippen molar-refractivity contribution >= 4 is 40.2 Å². The summed E-state index contributed by atoms with van der Waals surface area (Å²) >= 11 is 9.17. The first-order valence-corrected chi connectivity index (χ1v) is 10.9. The molecule has 0 spiro atoms. The average Bonchev–Trinajstić information content (AvgIpc) is 3.41. The van der Waals surface area contributed by atoms with Gasteiger partial charge in [-0.3, -0.25) is 4.79 Å². The number of nitrogens with one attached hydrogen (secondary N) is 1. The number of rotatable bonds is 5. The van der Waals surface area contributed by atoms with Gasteiger partial charge < -0.3 is 5.32 Å². The summed E-state index contributed by atoms with van der Waals surface area (Å²) in [6.07, 6.45) is 3.80. The lowest BCUT2D eigenvalue weighted by molar-refractivity contribution is 0.0941. The van der Waals surface area contributed by atoms with Gasteiger partial charge in [-0.15, -0.1) is 11.3 Å². The molecule has 7 heteroatoms. The number of aryl methyl sites for hydroxylation is 2. The Balaban J connectivity index is 1.60. The summed E-state index contributed by atoms with van der Waals surface area (Å²) in [5.74, 6) is 0.397. The van der Waals surface area contributed by atoms with Crippen molar-refractivity contribution in [2.75, 3.05) is 13.1 Å². The molecule has 1 aliphatic heterocycles.